The van der Waals surface area contributed by atoms with Crippen LogP contribution in [0, 0.1) is 13.8 Å². The number of nitrogens with one attached hydrogen (secondary N) is 1. The molecule has 3 aromatic rings. The van der Waals surface area contributed by atoms with E-state index in [2.05, 4.69) is 20.2 Å². The van der Waals surface area contributed by atoms with Crippen molar-refractivity contribution in [1.29, 1.82) is 0 Å². The molecule has 1 heterocycles. The number of ether oxygens (including phenoxy) is 1. The van der Waals surface area contributed by atoms with Crippen LogP contribution >= 0.6 is 0 Å². The van der Waals surface area contributed by atoms with Crippen LogP contribution in [-0.2, 0) is 4.74 Å². The van der Waals surface area contributed by atoms with Crippen molar-refractivity contribution in [2.45, 2.75) is 13.8 Å². The van der Waals surface area contributed by atoms with Crippen molar-refractivity contribution >= 4 is 29.0 Å². The quantitative estimate of drug-likeness (QED) is 0.439. The number of nitrogens with zero attached hydrogens (tertiary/aromatic N) is 2. The third-order valence-corrected chi connectivity index (χ3v) is 4.19. The smallest absolute Gasteiger partial charge is 0.337 e. The van der Waals surface area contributed by atoms with Crippen molar-refractivity contribution in [1.82, 2.24) is 10.4 Å². The lowest BCUT2D eigenvalue weighted by atomic mass is 10.1. The first-order valence-corrected chi connectivity index (χ1v) is 8.38. The lowest BCUT2D eigenvalue weighted by Crippen LogP contribution is -2.19. The monoisotopic (exact) mass is 361 g/mol. The molecule has 6 nitrogen and oxygen atoms in total. The number of carbonyl (C=O) groups excluding carboxylic acids is 2. The van der Waals surface area contributed by atoms with Crippen LogP contribution in [0.2, 0.25) is 0 Å². The molecule has 1 amide bonds. The average Bonchev–Trinajstić information content (AvgIpc) is 2.68. The maximum absolute atomic E-state index is 12.4. The third-order valence-electron chi connectivity index (χ3n) is 4.19. The van der Waals surface area contributed by atoms with Gasteiger partial charge in [0.2, 0.25) is 0 Å². The molecule has 136 valence electrons. The summed E-state index contributed by atoms with van der Waals surface area (Å²) in [5.41, 5.74) is 6.79. The number of benzene rings is 2. The molecule has 0 aliphatic rings. The van der Waals surface area contributed by atoms with Crippen LogP contribution in [0.5, 0.6) is 0 Å². The minimum Gasteiger partial charge on any atom is -0.465 e. The number of rotatable bonds is 4. The predicted octanol–water partition coefficient (Wildman–Crippen LogP) is 3.40. The first-order chi connectivity index (χ1) is 13.0. The van der Waals surface area contributed by atoms with Gasteiger partial charge in [-0.05, 0) is 43.2 Å². The van der Waals surface area contributed by atoms with Crippen molar-refractivity contribution in [3.63, 3.8) is 0 Å². The Balaban J connectivity index is 1.74. The van der Waals surface area contributed by atoms with E-state index in [0.717, 1.165) is 22.0 Å². The van der Waals surface area contributed by atoms with Crippen molar-refractivity contribution in [3.05, 3.63) is 76.5 Å². The van der Waals surface area contributed by atoms with E-state index in [-0.39, 0.29) is 5.91 Å². The molecule has 3 rings (SSSR count). The van der Waals surface area contributed by atoms with Gasteiger partial charge in [0, 0.05) is 5.39 Å². The fraction of sp³-hybridized carbons (Fsp3) is 0.143. The molecule has 0 atom stereocenters. The number of fused-ring (bicyclic) bond motifs is 1. The maximum atomic E-state index is 12.4. The average molecular weight is 361 g/mol. The molecule has 0 fully saturated rings. The Labute approximate surface area is 156 Å². The van der Waals surface area contributed by atoms with Gasteiger partial charge in [-0.1, -0.05) is 30.3 Å². The molecule has 0 bridgehead atoms. The summed E-state index contributed by atoms with van der Waals surface area (Å²) >= 11 is 0. The zero-order valence-electron chi connectivity index (χ0n) is 15.3. The number of amides is 1. The van der Waals surface area contributed by atoms with E-state index >= 15 is 0 Å². The van der Waals surface area contributed by atoms with Crippen LogP contribution in [0.1, 0.15) is 37.5 Å². The summed E-state index contributed by atoms with van der Waals surface area (Å²) in [6.07, 6.45) is 1.51. The van der Waals surface area contributed by atoms with Crippen LogP contribution in [0.15, 0.2) is 53.6 Å². The molecule has 2 aromatic carbocycles. The van der Waals surface area contributed by atoms with Gasteiger partial charge >= 0.3 is 5.97 Å². The zero-order valence-corrected chi connectivity index (χ0v) is 15.3. The second-order valence-electron chi connectivity index (χ2n) is 6.08. The fourth-order valence-electron chi connectivity index (χ4n) is 2.72. The van der Waals surface area contributed by atoms with Crippen LogP contribution in [-0.4, -0.2) is 30.2 Å². The number of esters is 1. The molecule has 0 radical (unpaired) electrons. The highest BCUT2D eigenvalue weighted by Gasteiger charge is 2.12. The second kappa shape index (κ2) is 7.78. The molecule has 0 saturated carbocycles. The number of hydrazone groups is 1. The topological polar surface area (TPSA) is 80.6 Å². The highest BCUT2D eigenvalue weighted by molar-refractivity contribution is 5.99. The van der Waals surface area contributed by atoms with Gasteiger partial charge < -0.3 is 4.74 Å². The molecule has 6 heteroatoms. The molecule has 0 spiro atoms. The van der Waals surface area contributed by atoms with Gasteiger partial charge in [0.1, 0.15) is 0 Å². The number of methoxy groups -OCH3 is 1. The van der Waals surface area contributed by atoms with E-state index in [0.29, 0.717) is 16.8 Å². The standard InChI is InChI=1S/C21H19N3O3/c1-13-5-4-6-17-11-18(14(2)23-19(13)17)20(25)24-22-12-15-7-9-16(10-8-15)21(26)27-3/h4-12H,1-3H3,(H,24,25)/b22-12-. The Kier molecular flexibility index (Phi) is 5.26. The Morgan fingerprint density at radius 3 is 2.56 bits per heavy atom. The van der Waals surface area contributed by atoms with E-state index in [9.17, 15) is 9.59 Å². The number of carbonyl (C=O) groups is 2. The summed E-state index contributed by atoms with van der Waals surface area (Å²) in [4.78, 5) is 28.4. The Morgan fingerprint density at radius 1 is 1.11 bits per heavy atom. The van der Waals surface area contributed by atoms with Gasteiger partial charge in [-0.25, -0.2) is 10.2 Å². The maximum Gasteiger partial charge on any atom is 0.337 e. The van der Waals surface area contributed by atoms with E-state index in [1.165, 1.54) is 13.3 Å². The number of aromatic nitrogens is 1. The molecule has 0 aliphatic heterocycles. The molecule has 0 saturated heterocycles. The molecule has 0 aliphatic carbocycles. The number of pyridine rings is 1. The Bertz CT molecular complexity index is 1040. The largest absolute Gasteiger partial charge is 0.465 e. The summed E-state index contributed by atoms with van der Waals surface area (Å²) in [7, 11) is 1.33. The second-order valence-corrected chi connectivity index (χ2v) is 6.08. The minimum atomic E-state index is -0.402. The molecular formula is C21H19N3O3. The molecule has 0 unspecified atom stereocenters. The lowest BCUT2D eigenvalue weighted by molar-refractivity contribution is 0.0600. The number of hydrogen-bond acceptors (Lipinski definition) is 5. The Morgan fingerprint density at radius 2 is 1.85 bits per heavy atom. The van der Waals surface area contributed by atoms with Gasteiger partial charge in [0.05, 0.1) is 35.7 Å². The van der Waals surface area contributed by atoms with Gasteiger partial charge in [-0.3, -0.25) is 9.78 Å². The molecule has 27 heavy (non-hydrogen) atoms. The van der Waals surface area contributed by atoms with E-state index in [1.807, 2.05) is 31.2 Å². The molecule has 1 aromatic heterocycles. The first-order valence-electron chi connectivity index (χ1n) is 8.38. The third kappa shape index (κ3) is 4.00. The predicted molar refractivity (Wildman–Crippen MR) is 104 cm³/mol. The van der Waals surface area contributed by atoms with Crippen molar-refractivity contribution in [2.75, 3.05) is 7.11 Å². The van der Waals surface area contributed by atoms with Gasteiger partial charge in [-0.15, -0.1) is 0 Å². The van der Waals surface area contributed by atoms with E-state index < -0.39 is 5.97 Å². The van der Waals surface area contributed by atoms with Gasteiger partial charge in [-0.2, -0.15) is 5.10 Å². The number of para-hydroxylation sites is 1. The fourth-order valence-corrected chi connectivity index (χ4v) is 2.72. The summed E-state index contributed by atoms with van der Waals surface area (Å²) < 4.78 is 4.65. The van der Waals surface area contributed by atoms with E-state index in [1.54, 1.807) is 31.2 Å². The van der Waals surface area contributed by atoms with Crippen molar-refractivity contribution in [2.24, 2.45) is 5.10 Å². The van der Waals surface area contributed by atoms with E-state index in [4.69, 9.17) is 0 Å². The zero-order chi connectivity index (χ0) is 19.4. The summed E-state index contributed by atoms with van der Waals surface area (Å²) in [6, 6.07) is 14.4. The van der Waals surface area contributed by atoms with Crippen LogP contribution in [0.4, 0.5) is 0 Å². The SMILES string of the molecule is COC(=O)c1ccc(/C=N\NC(=O)c2cc3cccc(C)c3nc2C)cc1. The number of hydrogen-bond donors (Lipinski definition) is 1. The van der Waals surface area contributed by atoms with Gasteiger partial charge in [0.15, 0.2) is 0 Å². The minimum absolute atomic E-state index is 0.328. The molecular weight excluding hydrogens is 342 g/mol. The Hall–Kier alpha value is -3.54. The highest BCUT2D eigenvalue weighted by atomic mass is 16.5. The van der Waals surface area contributed by atoms with Crippen molar-refractivity contribution in [3.8, 4) is 0 Å². The van der Waals surface area contributed by atoms with Crippen LogP contribution in [0.25, 0.3) is 10.9 Å². The van der Waals surface area contributed by atoms with Crippen molar-refractivity contribution < 1.29 is 14.3 Å². The summed E-state index contributed by atoms with van der Waals surface area (Å²) in [5, 5.41) is 4.89. The van der Waals surface area contributed by atoms with Gasteiger partial charge in [0.25, 0.3) is 5.91 Å². The molecule has 1 N–H and O–H groups in total. The summed E-state index contributed by atoms with van der Waals surface area (Å²) in [6.45, 7) is 3.79. The normalized spacial score (nSPS) is 10.9. The lowest BCUT2D eigenvalue weighted by Gasteiger charge is -2.07. The number of aryl methyl sites for hydroxylation is 2. The van der Waals surface area contributed by atoms with Crippen LogP contribution in [0.3, 0.4) is 0 Å². The highest BCUT2D eigenvalue weighted by Crippen LogP contribution is 2.19. The first kappa shape index (κ1) is 18.3. The summed E-state index contributed by atoms with van der Waals surface area (Å²) in [5.74, 6) is -0.729. The van der Waals surface area contributed by atoms with Crippen LogP contribution < -0.4 is 5.43 Å².